The second kappa shape index (κ2) is 5.67. The highest BCUT2D eigenvalue weighted by Crippen LogP contribution is 2.40. The predicted octanol–water partition coefficient (Wildman–Crippen LogP) is 2.31. The largest absolute Gasteiger partial charge is 0.338 e. The second-order valence-electron chi connectivity index (χ2n) is 6.09. The van der Waals surface area contributed by atoms with E-state index < -0.39 is 0 Å². The van der Waals surface area contributed by atoms with Crippen LogP contribution in [0.25, 0.3) is 0 Å². The average Bonchev–Trinajstić information content (AvgIpc) is 2.77. The summed E-state index contributed by atoms with van der Waals surface area (Å²) in [7, 11) is 0. The van der Waals surface area contributed by atoms with Crippen LogP contribution in [-0.4, -0.2) is 30.4 Å². The summed E-state index contributed by atoms with van der Waals surface area (Å²) in [6, 6.07) is 7.34. The summed E-state index contributed by atoms with van der Waals surface area (Å²) in [5.74, 6) is 0.220. The molecule has 110 valence electrons. The van der Waals surface area contributed by atoms with E-state index in [1.54, 1.807) is 12.1 Å². The number of piperidine rings is 1. The lowest BCUT2D eigenvalue weighted by molar-refractivity contribution is -0.128. The number of rotatable bonds is 2. The SMILES string of the molecule is N#Cc1ccc(CN2CC3(CCNCC3)CC2=O)c(Cl)c1. The van der Waals surface area contributed by atoms with Crippen LogP contribution in [0.2, 0.25) is 5.02 Å². The van der Waals surface area contributed by atoms with Gasteiger partial charge in [-0.25, -0.2) is 0 Å². The summed E-state index contributed by atoms with van der Waals surface area (Å²) in [5.41, 5.74) is 1.61. The van der Waals surface area contributed by atoms with Crippen LogP contribution < -0.4 is 5.32 Å². The van der Waals surface area contributed by atoms with Crippen molar-refractivity contribution in [1.82, 2.24) is 10.2 Å². The molecule has 21 heavy (non-hydrogen) atoms. The summed E-state index contributed by atoms with van der Waals surface area (Å²) in [6.45, 7) is 3.36. The molecule has 4 nitrogen and oxygen atoms in total. The van der Waals surface area contributed by atoms with Crippen LogP contribution in [0.3, 0.4) is 0 Å². The maximum atomic E-state index is 12.3. The second-order valence-corrected chi connectivity index (χ2v) is 6.50. The Morgan fingerprint density at radius 3 is 2.81 bits per heavy atom. The van der Waals surface area contributed by atoms with E-state index >= 15 is 0 Å². The molecule has 0 saturated carbocycles. The van der Waals surface area contributed by atoms with E-state index in [2.05, 4.69) is 11.4 Å². The van der Waals surface area contributed by atoms with Crippen molar-refractivity contribution in [3.63, 3.8) is 0 Å². The molecule has 2 fully saturated rings. The molecule has 2 aliphatic rings. The number of nitrogens with one attached hydrogen (secondary N) is 1. The molecule has 0 radical (unpaired) electrons. The van der Waals surface area contributed by atoms with E-state index in [1.165, 1.54) is 0 Å². The van der Waals surface area contributed by atoms with Gasteiger partial charge in [-0.3, -0.25) is 4.79 Å². The Bertz CT molecular complexity index is 602. The molecule has 1 amide bonds. The van der Waals surface area contributed by atoms with Crippen LogP contribution in [0.4, 0.5) is 0 Å². The summed E-state index contributed by atoms with van der Waals surface area (Å²) in [5, 5.41) is 12.8. The Kier molecular flexibility index (Phi) is 3.88. The van der Waals surface area contributed by atoms with E-state index in [9.17, 15) is 4.79 Å². The topological polar surface area (TPSA) is 56.1 Å². The van der Waals surface area contributed by atoms with Gasteiger partial charge < -0.3 is 10.2 Å². The maximum absolute atomic E-state index is 12.3. The van der Waals surface area contributed by atoms with Gasteiger partial charge in [0.15, 0.2) is 0 Å². The molecule has 2 aliphatic heterocycles. The number of carbonyl (C=O) groups is 1. The minimum Gasteiger partial charge on any atom is -0.338 e. The van der Waals surface area contributed by atoms with E-state index in [0.717, 1.165) is 38.0 Å². The Hall–Kier alpha value is -1.57. The first kappa shape index (κ1) is 14.4. The van der Waals surface area contributed by atoms with Gasteiger partial charge in [0.25, 0.3) is 0 Å². The molecule has 1 spiro atoms. The number of hydrogen-bond donors (Lipinski definition) is 1. The highest BCUT2D eigenvalue weighted by molar-refractivity contribution is 6.31. The van der Waals surface area contributed by atoms with Crippen molar-refractivity contribution in [2.75, 3.05) is 19.6 Å². The number of hydrogen-bond acceptors (Lipinski definition) is 3. The number of likely N-dealkylation sites (tertiary alicyclic amines) is 1. The van der Waals surface area contributed by atoms with Crippen LogP contribution in [0, 0.1) is 16.7 Å². The van der Waals surface area contributed by atoms with Crippen molar-refractivity contribution >= 4 is 17.5 Å². The monoisotopic (exact) mass is 303 g/mol. The van der Waals surface area contributed by atoms with Crippen molar-refractivity contribution < 1.29 is 4.79 Å². The fourth-order valence-corrected chi connectivity index (χ4v) is 3.61. The van der Waals surface area contributed by atoms with Gasteiger partial charge in [-0.15, -0.1) is 0 Å². The lowest BCUT2D eigenvalue weighted by Gasteiger charge is -2.33. The quantitative estimate of drug-likeness (QED) is 0.912. The molecule has 0 aromatic heterocycles. The predicted molar refractivity (Wildman–Crippen MR) is 80.7 cm³/mol. The summed E-state index contributed by atoms with van der Waals surface area (Å²) in [4.78, 5) is 14.2. The lowest BCUT2D eigenvalue weighted by atomic mass is 9.78. The number of carbonyl (C=O) groups excluding carboxylic acids is 1. The van der Waals surface area contributed by atoms with Crippen molar-refractivity contribution in [3.05, 3.63) is 34.3 Å². The Balaban J connectivity index is 1.73. The molecule has 0 unspecified atom stereocenters. The zero-order chi connectivity index (χ0) is 14.9. The third-order valence-corrected chi connectivity index (χ3v) is 4.96. The van der Waals surface area contributed by atoms with E-state index in [1.807, 2.05) is 11.0 Å². The first-order chi connectivity index (χ1) is 10.1. The zero-order valence-corrected chi connectivity index (χ0v) is 12.6. The molecule has 1 aromatic rings. The molecule has 3 rings (SSSR count). The third kappa shape index (κ3) is 2.90. The molecule has 0 aliphatic carbocycles. The molecule has 0 atom stereocenters. The molecule has 1 N–H and O–H groups in total. The maximum Gasteiger partial charge on any atom is 0.223 e. The molecular weight excluding hydrogens is 286 g/mol. The van der Waals surface area contributed by atoms with Crippen molar-refractivity contribution in [3.8, 4) is 6.07 Å². The van der Waals surface area contributed by atoms with Crippen LogP contribution in [0.15, 0.2) is 18.2 Å². The van der Waals surface area contributed by atoms with E-state index in [-0.39, 0.29) is 11.3 Å². The highest BCUT2D eigenvalue weighted by atomic mass is 35.5. The van der Waals surface area contributed by atoms with Gasteiger partial charge in [0.1, 0.15) is 0 Å². The summed E-state index contributed by atoms with van der Waals surface area (Å²) >= 11 is 6.21. The highest BCUT2D eigenvalue weighted by Gasteiger charge is 2.43. The van der Waals surface area contributed by atoms with Gasteiger partial charge in [0.05, 0.1) is 11.6 Å². The van der Waals surface area contributed by atoms with E-state index in [0.29, 0.717) is 23.6 Å². The van der Waals surface area contributed by atoms with Crippen LogP contribution in [-0.2, 0) is 11.3 Å². The van der Waals surface area contributed by atoms with Gasteiger partial charge in [-0.1, -0.05) is 17.7 Å². The summed E-state index contributed by atoms with van der Waals surface area (Å²) in [6.07, 6.45) is 2.79. The molecule has 2 saturated heterocycles. The smallest absolute Gasteiger partial charge is 0.223 e. The van der Waals surface area contributed by atoms with Crippen LogP contribution in [0.5, 0.6) is 0 Å². The van der Waals surface area contributed by atoms with Gasteiger partial charge in [0, 0.05) is 24.5 Å². The molecule has 1 aromatic carbocycles. The molecule has 2 heterocycles. The van der Waals surface area contributed by atoms with Gasteiger partial charge >= 0.3 is 0 Å². The minimum absolute atomic E-state index is 0.154. The number of benzene rings is 1. The first-order valence-corrected chi connectivity index (χ1v) is 7.67. The number of nitrogens with zero attached hydrogens (tertiary/aromatic N) is 2. The van der Waals surface area contributed by atoms with Gasteiger partial charge in [-0.2, -0.15) is 5.26 Å². The molecule has 5 heteroatoms. The lowest BCUT2D eigenvalue weighted by Crippen LogP contribution is -2.38. The molecule has 0 bridgehead atoms. The van der Waals surface area contributed by atoms with E-state index in [4.69, 9.17) is 16.9 Å². The Morgan fingerprint density at radius 2 is 2.14 bits per heavy atom. The third-order valence-electron chi connectivity index (χ3n) is 4.61. The van der Waals surface area contributed by atoms with Crippen LogP contribution in [0.1, 0.15) is 30.4 Å². The van der Waals surface area contributed by atoms with Crippen LogP contribution >= 0.6 is 11.6 Å². The standard InChI is InChI=1S/C16H18ClN3O/c17-14-7-12(9-18)1-2-13(14)10-20-11-16(8-15(20)21)3-5-19-6-4-16/h1-2,7,19H,3-6,8,10-11H2. The van der Waals surface area contributed by atoms with Crippen molar-refractivity contribution in [2.45, 2.75) is 25.8 Å². The van der Waals surface area contributed by atoms with Gasteiger partial charge in [-0.05, 0) is 49.0 Å². The van der Waals surface area contributed by atoms with Crippen molar-refractivity contribution in [2.24, 2.45) is 5.41 Å². The Morgan fingerprint density at radius 1 is 1.38 bits per heavy atom. The number of halogens is 1. The first-order valence-electron chi connectivity index (χ1n) is 7.29. The molecular formula is C16H18ClN3O. The average molecular weight is 304 g/mol. The number of amides is 1. The summed E-state index contributed by atoms with van der Waals surface area (Å²) < 4.78 is 0. The fourth-order valence-electron chi connectivity index (χ4n) is 3.37. The Labute approximate surface area is 129 Å². The zero-order valence-electron chi connectivity index (χ0n) is 11.9. The van der Waals surface area contributed by atoms with Crippen molar-refractivity contribution in [1.29, 1.82) is 5.26 Å². The fraction of sp³-hybridized carbons (Fsp3) is 0.500. The number of nitriles is 1. The van der Waals surface area contributed by atoms with Gasteiger partial charge in [0.2, 0.25) is 5.91 Å². The normalized spacial score (nSPS) is 20.8. The minimum atomic E-state index is 0.154.